The molecule has 70 heavy (non-hydrogen) atoms. The largest absolute Gasteiger partial charge is 0.466 e. The fourth-order valence-corrected chi connectivity index (χ4v) is 8.01. The number of halogens is 4. The maximum Gasteiger partial charge on any atom is 0.307 e. The van der Waals surface area contributed by atoms with Crippen LogP contribution >= 0.6 is 49.6 Å². The topological polar surface area (TPSA) is 197 Å². The Hall–Kier alpha value is -1.64. The van der Waals surface area contributed by atoms with Crippen LogP contribution in [-0.2, 0) is 28.7 Å². The molecule has 12 nitrogen and oxygen atoms in total. The fraction of sp³-hybridized carbons (Fsp3) is 0.852. The van der Waals surface area contributed by atoms with Crippen molar-refractivity contribution >= 4 is 73.4 Å². The molecule has 8 N–H and O–H groups in total. The Balaban J connectivity index is -0.00000352. The van der Waals surface area contributed by atoms with Crippen molar-refractivity contribution in [1.82, 2.24) is 9.80 Å². The Morgan fingerprint density at radius 3 is 0.957 bits per heavy atom. The van der Waals surface area contributed by atoms with Crippen molar-refractivity contribution in [2.45, 2.75) is 244 Å². The van der Waals surface area contributed by atoms with Gasteiger partial charge >= 0.3 is 11.9 Å². The molecule has 2 amide bonds. The zero-order chi connectivity index (χ0) is 48.6. The second kappa shape index (κ2) is 59.9. The van der Waals surface area contributed by atoms with Gasteiger partial charge in [0.25, 0.3) is 0 Å². The van der Waals surface area contributed by atoms with E-state index < -0.39 is 12.1 Å². The highest BCUT2D eigenvalue weighted by Gasteiger charge is 2.24. The SMILES string of the molecule is CCCCCCCC/C=C\CCCCCCCCOC(=O)CCN(CCCCN(CCC(=O)OCCCCCCCC/C=C\CCCCCCCC)C(=O)[C@@H](N)CCN)C(=O)[C@@H](N)CCN.Cl.Cl.Cl.Cl. The first-order valence-corrected chi connectivity index (χ1v) is 27.3. The van der Waals surface area contributed by atoms with Gasteiger partial charge in [-0.05, 0) is 103 Å². The third-order valence-electron chi connectivity index (χ3n) is 12.3. The van der Waals surface area contributed by atoms with E-state index in [-0.39, 0.29) is 112 Å². The zero-order valence-corrected chi connectivity index (χ0v) is 47.7. The van der Waals surface area contributed by atoms with Gasteiger partial charge in [-0.15, -0.1) is 49.6 Å². The van der Waals surface area contributed by atoms with E-state index in [1.807, 2.05) is 0 Å². The molecule has 418 valence electrons. The van der Waals surface area contributed by atoms with Crippen LogP contribution in [0.15, 0.2) is 24.3 Å². The summed E-state index contributed by atoms with van der Waals surface area (Å²) in [6.07, 6.45) is 45.4. The summed E-state index contributed by atoms with van der Waals surface area (Å²) in [4.78, 5) is 55.0. The lowest BCUT2D eigenvalue weighted by atomic mass is 10.1. The van der Waals surface area contributed by atoms with Crippen molar-refractivity contribution in [2.24, 2.45) is 22.9 Å². The molecule has 0 heterocycles. The van der Waals surface area contributed by atoms with E-state index >= 15 is 0 Å². The minimum absolute atomic E-state index is 0. The van der Waals surface area contributed by atoms with E-state index in [2.05, 4.69) is 38.2 Å². The van der Waals surface area contributed by atoms with Crippen molar-refractivity contribution < 1.29 is 28.7 Å². The van der Waals surface area contributed by atoms with E-state index in [1.165, 1.54) is 128 Å². The molecule has 0 bridgehead atoms. The second-order valence-corrected chi connectivity index (χ2v) is 18.5. The first-order chi connectivity index (χ1) is 32.2. The number of allylic oxidation sites excluding steroid dienone is 4. The molecule has 0 fully saturated rings. The number of carbonyl (C=O) groups is 4. The van der Waals surface area contributed by atoms with Crippen LogP contribution in [0.4, 0.5) is 0 Å². The molecule has 16 heteroatoms. The van der Waals surface area contributed by atoms with Crippen LogP contribution in [0.1, 0.15) is 232 Å². The molecular weight excluding hydrogens is 970 g/mol. The lowest BCUT2D eigenvalue weighted by Gasteiger charge is -2.27. The van der Waals surface area contributed by atoms with E-state index in [9.17, 15) is 19.2 Å². The molecule has 0 aliphatic carbocycles. The quantitative estimate of drug-likeness (QED) is 0.0258. The number of amides is 2. The van der Waals surface area contributed by atoms with Crippen LogP contribution < -0.4 is 22.9 Å². The van der Waals surface area contributed by atoms with Crippen LogP contribution in [0.2, 0.25) is 0 Å². The van der Waals surface area contributed by atoms with Crippen LogP contribution in [0.25, 0.3) is 0 Å². The summed E-state index contributed by atoms with van der Waals surface area (Å²) in [6.45, 7) is 6.92. The predicted octanol–water partition coefficient (Wildman–Crippen LogP) is 12.4. The van der Waals surface area contributed by atoms with Gasteiger partial charge in [0.2, 0.25) is 11.8 Å². The standard InChI is InChI=1S/C54H104N6O6.4ClH/c1-3-5-7-9-11-13-15-17-19-21-23-25-27-29-31-35-47-65-51(61)39-45-59(53(63)49(57)37-41-55)43-33-34-44-60(54(64)50(58)38-42-56)46-40-52(62)66-48-36-32-30-28-26-24-22-20-18-16-14-12-10-8-6-4-2;;;;/h17-20,49-50H,3-16,21-48,55-58H2,1-2H3;4*1H/b19-17-,20-18-;;;;/t49-,50-;;;;/m0..../s1. The molecule has 0 aromatic carbocycles. The molecule has 0 aromatic rings. The van der Waals surface area contributed by atoms with Crippen LogP contribution in [0, 0.1) is 0 Å². The molecule has 0 saturated carbocycles. The first kappa shape index (κ1) is 77.3. The molecule has 0 saturated heterocycles. The van der Waals surface area contributed by atoms with Crippen molar-refractivity contribution in [3.05, 3.63) is 24.3 Å². The summed E-state index contributed by atoms with van der Waals surface area (Å²) in [6, 6.07) is -1.52. The highest BCUT2D eigenvalue weighted by Crippen LogP contribution is 2.13. The molecule has 2 atom stereocenters. The Bertz CT molecular complexity index is 1130. The number of unbranched alkanes of at least 4 members (excludes halogenated alkanes) is 25. The van der Waals surface area contributed by atoms with E-state index in [0.29, 0.717) is 52.0 Å². The van der Waals surface area contributed by atoms with Gasteiger partial charge in [0, 0.05) is 26.2 Å². The van der Waals surface area contributed by atoms with Crippen molar-refractivity contribution in [2.75, 3.05) is 52.5 Å². The molecule has 0 aliphatic rings. The van der Waals surface area contributed by atoms with E-state index in [0.717, 1.165) is 51.4 Å². The molecule has 0 aliphatic heterocycles. The minimum Gasteiger partial charge on any atom is -0.466 e. The van der Waals surface area contributed by atoms with Gasteiger partial charge in [0.15, 0.2) is 0 Å². The fourth-order valence-electron chi connectivity index (χ4n) is 8.01. The maximum atomic E-state index is 13.3. The monoisotopic (exact) mass is 1080 g/mol. The Morgan fingerprint density at radius 2 is 0.671 bits per heavy atom. The van der Waals surface area contributed by atoms with Gasteiger partial charge in [0.1, 0.15) is 0 Å². The molecule has 0 unspecified atom stereocenters. The molecule has 0 spiro atoms. The van der Waals surface area contributed by atoms with Gasteiger partial charge in [-0.2, -0.15) is 0 Å². The number of hydrogen-bond donors (Lipinski definition) is 4. The first-order valence-electron chi connectivity index (χ1n) is 27.3. The van der Waals surface area contributed by atoms with Crippen molar-refractivity contribution in [3.8, 4) is 0 Å². The predicted molar refractivity (Wildman–Crippen MR) is 305 cm³/mol. The molecule has 0 radical (unpaired) electrons. The summed E-state index contributed by atoms with van der Waals surface area (Å²) in [5.41, 5.74) is 23.7. The zero-order valence-electron chi connectivity index (χ0n) is 44.4. The average Bonchev–Trinajstić information content (AvgIpc) is 3.31. The number of esters is 2. The number of nitrogens with zero attached hydrogens (tertiary/aromatic N) is 2. The highest BCUT2D eigenvalue weighted by molar-refractivity contribution is 5.86. The van der Waals surface area contributed by atoms with Gasteiger partial charge in [-0.25, -0.2) is 0 Å². The lowest BCUT2D eigenvalue weighted by Crippen LogP contribution is -2.47. The highest BCUT2D eigenvalue weighted by atomic mass is 35.5. The van der Waals surface area contributed by atoms with Crippen molar-refractivity contribution in [3.63, 3.8) is 0 Å². The van der Waals surface area contributed by atoms with Crippen molar-refractivity contribution in [1.29, 1.82) is 0 Å². The number of rotatable bonds is 49. The maximum absolute atomic E-state index is 13.3. The average molecular weight is 1080 g/mol. The summed E-state index contributed by atoms with van der Waals surface area (Å²) in [7, 11) is 0. The summed E-state index contributed by atoms with van der Waals surface area (Å²) < 4.78 is 11.0. The lowest BCUT2D eigenvalue weighted by molar-refractivity contribution is -0.146. The van der Waals surface area contributed by atoms with Gasteiger partial charge in [0.05, 0.1) is 38.1 Å². The Morgan fingerprint density at radius 1 is 0.400 bits per heavy atom. The van der Waals surface area contributed by atoms with Crippen LogP contribution in [0.5, 0.6) is 0 Å². The third-order valence-corrected chi connectivity index (χ3v) is 12.3. The van der Waals surface area contributed by atoms with Gasteiger partial charge in [-0.1, -0.05) is 154 Å². The molecule has 0 aromatic heterocycles. The van der Waals surface area contributed by atoms with Crippen LogP contribution in [-0.4, -0.2) is 98.1 Å². The number of hydrogen-bond acceptors (Lipinski definition) is 10. The molecule has 0 rings (SSSR count). The van der Waals surface area contributed by atoms with E-state index in [4.69, 9.17) is 32.4 Å². The minimum atomic E-state index is -0.762. The summed E-state index contributed by atoms with van der Waals surface area (Å²) >= 11 is 0. The number of nitrogens with two attached hydrogens (primary N) is 4. The smallest absolute Gasteiger partial charge is 0.307 e. The second-order valence-electron chi connectivity index (χ2n) is 18.5. The number of carbonyl (C=O) groups excluding carboxylic acids is 4. The normalized spacial score (nSPS) is 11.8. The Labute approximate surface area is 453 Å². The van der Waals surface area contributed by atoms with Gasteiger partial charge < -0.3 is 42.2 Å². The molecular formula is C54H108Cl4N6O6. The van der Waals surface area contributed by atoms with Crippen LogP contribution in [0.3, 0.4) is 0 Å². The summed E-state index contributed by atoms with van der Waals surface area (Å²) in [5, 5.41) is 0. The third kappa shape index (κ3) is 49.9. The number of ether oxygens (including phenoxy) is 2. The van der Waals surface area contributed by atoms with Gasteiger partial charge in [-0.3, -0.25) is 19.2 Å². The van der Waals surface area contributed by atoms with E-state index in [1.54, 1.807) is 9.80 Å². The summed E-state index contributed by atoms with van der Waals surface area (Å²) in [5.74, 6) is -1.19. The Kier molecular flexibility index (Phi) is 66.1.